The van der Waals surface area contributed by atoms with Crippen LogP contribution in [0.1, 0.15) is 17.2 Å². The third-order valence-corrected chi connectivity index (χ3v) is 3.17. The molecule has 0 aliphatic carbocycles. The van der Waals surface area contributed by atoms with Gasteiger partial charge in [0.1, 0.15) is 17.6 Å². The Hall–Kier alpha value is -1.71. The Morgan fingerprint density at radius 1 is 1.00 bits per heavy atom. The summed E-state index contributed by atoms with van der Waals surface area (Å²) in [5.41, 5.74) is 1.44. The Balaban J connectivity index is 2.37. The Bertz CT molecular complexity index is 552. The van der Waals surface area contributed by atoms with E-state index in [0.717, 1.165) is 5.56 Å². The van der Waals surface area contributed by atoms with Gasteiger partial charge in [0, 0.05) is 16.7 Å². The van der Waals surface area contributed by atoms with Gasteiger partial charge in [0.2, 0.25) is 0 Å². The fourth-order valence-corrected chi connectivity index (χ4v) is 1.99. The van der Waals surface area contributed by atoms with E-state index in [9.17, 15) is 5.11 Å². The Labute approximate surface area is 117 Å². The van der Waals surface area contributed by atoms with Gasteiger partial charge in [-0.15, -0.1) is 0 Å². The highest BCUT2D eigenvalue weighted by molar-refractivity contribution is 6.30. The van der Waals surface area contributed by atoms with Crippen molar-refractivity contribution in [3.8, 4) is 11.5 Å². The molecule has 1 N–H and O–H groups in total. The minimum atomic E-state index is -0.766. The van der Waals surface area contributed by atoms with Crippen molar-refractivity contribution < 1.29 is 14.6 Å². The Morgan fingerprint density at radius 3 is 2.26 bits per heavy atom. The quantitative estimate of drug-likeness (QED) is 0.931. The smallest absolute Gasteiger partial charge is 0.128 e. The van der Waals surface area contributed by atoms with Crippen LogP contribution >= 0.6 is 11.6 Å². The third kappa shape index (κ3) is 3.00. The van der Waals surface area contributed by atoms with E-state index in [4.69, 9.17) is 21.1 Å². The maximum atomic E-state index is 10.4. The summed E-state index contributed by atoms with van der Waals surface area (Å²) < 4.78 is 10.4. The second kappa shape index (κ2) is 5.95. The summed E-state index contributed by atoms with van der Waals surface area (Å²) in [7, 11) is 3.15. The Kier molecular flexibility index (Phi) is 4.30. The van der Waals surface area contributed by atoms with E-state index in [1.807, 2.05) is 0 Å². The molecule has 4 heteroatoms. The average Bonchev–Trinajstić information content (AvgIpc) is 2.46. The van der Waals surface area contributed by atoms with Gasteiger partial charge >= 0.3 is 0 Å². The van der Waals surface area contributed by atoms with Crippen LogP contribution < -0.4 is 9.47 Å². The number of aliphatic hydroxyl groups is 1. The molecule has 0 radical (unpaired) electrons. The first-order valence-corrected chi connectivity index (χ1v) is 6.19. The first-order chi connectivity index (χ1) is 9.15. The second-order valence-electron chi connectivity index (χ2n) is 4.06. The zero-order valence-corrected chi connectivity index (χ0v) is 11.5. The largest absolute Gasteiger partial charge is 0.497 e. The fourth-order valence-electron chi connectivity index (χ4n) is 1.87. The number of aliphatic hydroxyl groups excluding tert-OH is 1. The first kappa shape index (κ1) is 13.7. The third-order valence-electron chi connectivity index (χ3n) is 2.92. The van der Waals surface area contributed by atoms with Crippen LogP contribution in [0.25, 0.3) is 0 Å². The van der Waals surface area contributed by atoms with Crippen LogP contribution in [0.4, 0.5) is 0 Å². The van der Waals surface area contributed by atoms with Gasteiger partial charge in [-0.05, 0) is 29.8 Å². The molecule has 2 aromatic carbocycles. The fraction of sp³-hybridized carbons (Fsp3) is 0.200. The van der Waals surface area contributed by atoms with Crippen molar-refractivity contribution in [3.05, 3.63) is 58.6 Å². The normalized spacial score (nSPS) is 12.0. The van der Waals surface area contributed by atoms with E-state index >= 15 is 0 Å². The van der Waals surface area contributed by atoms with Crippen molar-refractivity contribution in [2.24, 2.45) is 0 Å². The lowest BCUT2D eigenvalue weighted by Gasteiger charge is -2.16. The molecule has 0 bridgehead atoms. The van der Waals surface area contributed by atoms with Crippen molar-refractivity contribution in [3.63, 3.8) is 0 Å². The predicted octanol–water partition coefficient (Wildman–Crippen LogP) is 3.44. The van der Waals surface area contributed by atoms with Gasteiger partial charge in [-0.2, -0.15) is 0 Å². The monoisotopic (exact) mass is 278 g/mol. The van der Waals surface area contributed by atoms with Crippen molar-refractivity contribution in [2.45, 2.75) is 6.10 Å². The molecule has 0 amide bonds. The molecule has 0 saturated heterocycles. The van der Waals surface area contributed by atoms with E-state index < -0.39 is 6.10 Å². The summed E-state index contributed by atoms with van der Waals surface area (Å²) in [5, 5.41) is 11.0. The zero-order chi connectivity index (χ0) is 13.8. The second-order valence-corrected chi connectivity index (χ2v) is 4.50. The molecule has 19 heavy (non-hydrogen) atoms. The summed E-state index contributed by atoms with van der Waals surface area (Å²) in [5.74, 6) is 1.27. The SMILES string of the molecule is COc1ccc(C(O)c2ccc(Cl)cc2)c(OC)c1. The van der Waals surface area contributed by atoms with Gasteiger partial charge in [0.25, 0.3) is 0 Å². The lowest BCUT2D eigenvalue weighted by atomic mass is 10.0. The highest BCUT2D eigenvalue weighted by Crippen LogP contribution is 2.33. The van der Waals surface area contributed by atoms with E-state index in [-0.39, 0.29) is 0 Å². The van der Waals surface area contributed by atoms with Gasteiger partial charge < -0.3 is 14.6 Å². The maximum Gasteiger partial charge on any atom is 0.128 e. The molecule has 0 aliphatic heterocycles. The predicted molar refractivity (Wildman–Crippen MR) is 75.1 cm³/mol. The standard InChI is InChI=1S/C15H15ClO3/c1-18-12-7-8-13(14(9-12)19-2)15(17)10-3-5-11(16)6-4-10/h3-9,15,17H,1-2H3. The molecule has 1 unspecified atom stereocenters. The maximum absolute atomic E-state index is 10.4. The number of benzene rings is 2. The van der Waals surface area contributed by atoms with Crippen molar-refractivity contribution >= 4 is 11.6 Å². The summed E-state index contributed by atoms with van der Waals surface area (Å²) in [6.07, 6.45) is -0.766. The summed E-state index contributed by atoms with van der Waals surface area (Å²) >= 11 is 5.84. The molecule has 3 nitrogen and oxygen atoms in total. The van der Waals surface area contributed by atoms with Crippen LogP contribution in [0.2, 0.25) is 5.02 Å². The van der Waals surface area contributed by atoms with Gasteiger partial charge in [-0.25, -0.2) is 0 Å². The molecular weight excluding hydrogens is 264 g/mol. The van der Waals surface area contributed by atoms with E-state index in [2.05, 4.69) is 0 Å². The molecule has 0 aromatic heterocycles. The average molecular weight is 279 g/mol. The number of methoxy groups -OCH3 is 2. The number of rotatable bonds is 4. The molecule has 2 aromatic rings. The van der Waals surface area contributed by atoms with E-state index in [0.29, 0.717) is 22.1 Å². The van der Waals surface area contributed by atoms with E-state index in [1.54, 1.807) is 56.7 Å². The van der Waals surface area contributed by atoms with Gasteiger partial charge in [0.15, 0.2) is 0 Å². The topological polar surface area (TPSA) is 38.7 Å². The highest BCUT2D eigenvalue weighted by Gasteiger charge is 2.16. The highest BCUT2D eigenvalue weighted by atomic mass is 35.5. The lowest BCUT2D eigenvalue weighted by Crippen LogP contribution is -2.02. The zero-order valence-electron chi connectivity index (χ0n) is 10.8. The molecule has 0 spiro atoms. The summed E-state index contributed by atoms with van der Waals surface area (Å²) in [4.78, 5) is 0. The number of hydrogen-bond acceptors (Lipinski definition) is 3. The number of halogens is 1. The first-order valence-electron chi connectivity index (χ1n) is 5.81. The van der Waals surface area contributed by atoms with Crippen molar-refractivity contribution in [1.82, 2.24) is 0 Å². The molecule has 0 aliphatic rings. The van der Waals surface area contributed by atoms with E-state index in [1.165, 1.54) is 0 Å². The van der Waals surface area contributed by atoms with Crippen LogP contribution in [0.3, 0.4) is 0 Å². The summed E-state index contributed by atoms with van der Waals surface area (Å²) in [6.45, 7) is 0. The summed E-state index contributed by atoms with van der Waals surface area (Å²) in [6, 6.07) is 12.4. The molecule has 1 atom stereocenters. The van der Waals surface area contributed by atoms with Crippen LogP contribution in [-0.2, 0) is 0 Å². The minimum Gasteiger partial charge on any atom is -0.497 e. The van der Waals surface area contributed by atoms with Gasteiger partial charge in [-0.1, -0.05) is 23.7 Å². The number of ether oxygens (including phenoxy) is 2. The molecule has 0 heterocycles. The van der Waals surface area contributed by atoms with Crippen LogP contribution in [0, 0.1) is 0 Å². The molecule has 2 rings (SSSR count). The van der Waals surface area contributed by atoms with Crippen LogP contribution in [0.15, 0.2) is 42.5 Å². The van der Waals surface area contributed by atoms with Crippen LogP contribution in [0.5, 0.6) is 11.5 Å². The Morgan fingerprint density at radius 2 is 1.68 bits per heavy atom. The molecule has 0 saturated carbocycles. The molecular formula is C15H15ClO3. The number of hydrogen-bond donors (Lipinski definition) is 1. The molecule has 0 fully saturated rings. The van der Waals surface area contributed by atoms with Crippen LogP contribution in [-0.4, -0.2) is 19.3 Å². The van der Waals surface area contributed by atoms with Gasteiger partial charge in [-0.3, -0.25) is 0 Å². The van der Waals surface area contributed by atoms with Crippen molar-refractivity contribution in [2.75, 3.05) is 14.2 Å². The van der Waals surface area contributed by atoms with Crippen molar-refractivity contribution in [1.29, 1.82) is 0 Å². The molecule has 100 valence electrons. The van der Waals surface area contributed by atoms with Gasteiger partial charge in [0.05, 0.1) is 14.2 Å². The lowest BCUT2D eigenvalue weighted by molar-refractivity contribution is 0.214. The minimum absolute atomic E-state index is 0.585.